The van der Waals surface area contributed by atoms with E-state index in [1.807, 2.05) is 4.57 Å². The lowest BCUT2D eigenvalue weighted by Gasteiger charge is -2.35. The maximum atomic E-state index is 11.5. The lowest BCUT2D eigenvalue weighted by atomic mass is 9.99. The minimum absolute atomic E-state index is 0.212. The molecule has 0 saturated carbocycles. The number of aromatic nitrogens is 2. The van der Waals surface area contributed by atoms with Gasteiger partial charge in [-0.05, 0) is 26.8 Å². The van der Waals surface area contributed by atoms with Crippen LogP contribution in [0, 0.1) is 0 Å². The van der Waals surface area contributed by atoms with Crippen LogP contribution >= 0.6 is 0 Å². The zero-order chi connectivity index (χ0) is 13.3. The Hall–Kier alpha value is -1.56. The van der Waals surface area contributed by atoms with Crippen LogP contribution < -0.4 is 5.73 Å². The number of carbonyl (C=O) groups is 1. The first kappa shape index (κ1) is 12.9. The van der Waals surface area contributed by atoms with Gasteiger partial charge in [0.05, 0.1) is 13.4 Å². The highest BCUT2D eigenvalue weighted by atomic mass is 16.5. The third-order valence-electron chi connectivity index (χ3n) is 3.78. The summed E-state index contributed by atoms with van der Waals surface area (Å²) in [6.07, 6.45) is 3.67. The Balaban J connectivity index is 2.19. The zero-order valence-electron chi connectivity index (χ0n) is 11.1. The average Bonchev–Trinajstić information content (AvgIpc) is 2.74. The molecule has 0 aliphatic carbocycles. The summed E-state index contributed by atoms with van der Waals surface area (Å²) in [5.41, 5.74) is 6.19. The first-order valence-electron chi connectivity index (χ1n) is 6.15. The van der Waals surface area contributed by atoms with E-state index in [1.54, 1.807) is 6.33 Å². The smallest absolute Gasteiger partial charge is 0.360 e. The van der Waals surface area contributed by atoms with Gasteiger partial charge in [-0.1, -0.05) is 0 Å². The van der Waals surface area contributed by atoms with Gasteiger partial charge in [-0.2, -0.15) is 0 Å². The number of hydrogen-bond acceptors (Lipinski definition) is 5. The quantitative estimate of drug-likeness (QED) is 0.792. The molecule has 1 aliphatic rings. The summed E-state index contributed by atoms with van der Waals surface area (Å²) < 4.78 is 6.55. The maximum Gasteiger partial charge on any atom is 0.360 e. The van der Waals surface area contributed by atoms with Gasteiger partial charge in [0.2, 0.25) is 0 Å². The summed E-state index contributed by atoms with van der Waals surface area (Å²) in [7, 11) is 3.45. The number of hydrogen-bond donors (Lipinski definition) is 1. The fourth-order valence-electron chi connectivity index (χ4n) is 2.43. The van der Waals surface area contributed by atoms with Crippen LogP contribution in [0.5, 0.6) is 0 Å². The van der Waals surface area contributed by atoms with Gasteiger partial charge in [-0.3, -0.25) is 0 Å². The molecule has 6 nitrogen and oxygen atoms in total. The highest BCUT2D eigenvalue weighted by Gasteiger charge is 2.27. The second-order valence-corrected chi connectivity index (χ2v) is 4.89. The standard InChI is InChI=1S/C12H20N4O2/c1-8-6-9(4-5-15(8)2)16-7-14-10(11(16)13)12(17)18-3/h7-9H,4-6,13H2,1-3H3. The van der Waals surface area contributed by atoms with E-state index in [1.165, 1.54) is 7.11 Å². The van der Waals surface area contributed by atoms with Crippen molar-refractivity contribution in [1.82, 2.24) is 14.5 Å². The summed E-state index contributed by atoms with van der Waals surface area (Å²) in [6.45, 7) is 3.22. The van der Waals surface area contributed by atoms with Crippen molar-refractivity contribution in [3.63, 3.8) is 0 Å². The lowest BCUT2D eigenvalue weighted by Crippen LogP contribution is -2.38. The molecule has 18 heavy (non-hydrogen) atoms. The summed E-state index contributed by atoms with van der Waals surface area (Å²) >= 11 is 0. The third kappa shape index (κ3) is 2.20. The molecule has 1 fully saturated rings. The predicted octanol–water partition coefficient (Wildman–Crippen LogP) is 0.907. The van der Waals surface area contributed by atoms with Crippen LogP contribution in [0.3, 0.4) is 0 Å². The van der Waals surface area contributed by atoms with Crippen LogP contribution in [0.1, 0.15) is 36.3 Å². The van der Waals surface area contributed by atoms with Gasteiger partial charge in [0.25, 0.3) is 0 Å². The van der Waals surface area contributed by atoms with Gasteiger partial charge in [0, 0.05) is 18.6 Å². The molecule has 2 heterocycles. The minimum Gasteiger partial charge on any atom is -0.464 e. The number of nitrogen functional groups attached to an aromatic ring is 1. The van der Waals surface area contributed by atoms with Crippen LogP contribution in [0.15, 0.2) is 6.33 Å². The number of anilines is 1. The molecule has 1 aromatic heterocycles. The number of esters is 1. The highest BCUT2D eigenvalue weighted by Crippen LogP contribution is 2.29. The molecule has 1 saturated heterocycles. The molecule has 6 heteroatoms. The van der Waals surface area contributed by atoms with E-state index >= 15 is 0 Å². The van der Waals surface area contributed by atoms with Crippen molar-refractivity contribution in [1.29, 1.82) is 0 Å². The van der Waals surface area contributed by atoms with Crippen molar-refractivity contribution in [2.45, 2.75) is 31.8 Å². The number of carbonyl (C=O) groups excluding carboxylic acids is 1. The van der Waals surface area contributed by atoms with Crippen molar-refractivity contribution in [2.75, 3.05) is 26.4 Å². The highest BCUT2D eigenvalue weighted by molar-refractivity contribution is 5.92. The van der Waals surface area contributed by atoms with Gasteiger partial charge in [0.1, 0.15) is 5.82 Å². The number of rotatable bonds is 2. The molecular formula is C12H20N4O2. The minimum atomic E-state index is -0.479. The van der Waals surface area contributed by atoms with Crippen LogP contribution in [0.25, 0.3) is 0 Å². The van der Waals surface area contributed by atoms with Crippen LogP contribution in [0.2, 0.25) is 0 Å². The number of nitrogens with two attached hydrogens (primary N) is 1. The Labute approximate surface area is 107 Å². The van der Waals surface area contributed by atoms with E-state index in [-0.39, 0.29) is 5.69 Å². The lowest BCUT2D eigenvalue weighted by molar-refractivity contribution is 0.0596. The van der Waals surface area contributed by atoms with E-state index in [0.29, 0.717) is 17.9 Å². The fraction of sp³-hybridized carbons (Fsp3) is 0.667. The zero-order valence-corrected chi connectivity index (χ0v) is 11.1. The van der Waals surface area contributed by atoms with E-state index in [9.17, 15) is 4.79 Å². The molecule has 2 rings (SSSR count). The number of piperidine rings is 1. The monoisotopic (exact) mass is 252 g/mol. The van der Waals surface area contributed by atoms with E-state index < -0.39 is 5.97 Å². The first-order chi connectivity index (χ1) is 8.54. The second kappa shape index (κ2) is 4.97. The second-order valence-electron chi connectivity index (χ2n) is 4.89. The van der Waals surface area contributed by atoms with Crippen molar-refractivity contribution in [2.24, 2.45) is 0 Å². The molecule has 100 valence electrons. The summed E-state index contributed by atoms with van der Waals surface area (Å²) in [4.78, 5) is 17.8. The van der Waals surface area contributed by atoms with Gasteiger partial charge >= 0.3 is 5.97 Å². The van der Waals surface area contributed by atoms with Crippen molar-refractivity contribution >= 4 is 11.8 Å². The largest absolute Gasteiger partial charge is 0.464 e. The fourth-order valence-corrected chi connectivity index (χ4v) is 2.43. The van der Waals surface area contributed by atoms with Gasteiger partial charge in [-0.25, -0.2) is 9.78 Å². The molecule has 1 aromatic rings. The topological polar surface area (TPSA) is 73.4 Å². The Morgan fingerprint density at radius 1 is 1.61 bits per heavy atom. The molecule has 0 spiro atoms. The first-order valence-corrected chi connectivity index (χ1v) is 6.15. The molecule has 0 bridgehead atoms. The normalized spacial score (nSPS) is 25.1. The number of nitrogens with zero attached hydrogens (tertiary/aromatic N) is 3. The number of ether oxygens (including phenoxy) is 1. The Kier molecular flexibility index (Phi) is 3.56. The van der Waals surface area contributed by atoms with Gasteiger partial charge in [0.15, 0.2) is 5.69 Å². The van der Waals surface area contributed by atoms with Crippen LogP contribution in [0.4, 0.5) is 5.82 Å². The molecule has 2 atom stereocenters. The van der Waals surface area contributed by atoms with E-state index in [0.717, 1.165) is 19.4 Å². The Morgan fingerprint density at radius 3 is 2.94 bits per heavy atom. The van der Waals surface area contributed by atoms with Crippen molar-refractivity contribution in [3.8, 4) is 0 Å². The van der Waals surface area contributed by atoms with E-state index in [4.69, 9.17) is 5.73 Å². The van der Waals surface area contributed by atoms with E-state index in [2.05, 4.69) is 28.6 Å². The van der Waals surface area contributed by atoms with Gasteiger partial charge < -0.3 is 19.9 Å². The van der Waals surface area contributed by atoms with Crippen LogP contribution in [-0.2, 0) is 4.74 Å². The molecule has 0 radical (unpaired) electrons. The van der Waals surface area contributed by atoms with Crippen molar-refractivity contribution in [3.05, 3.63) is 12.0 Å². The summed E-state index contributed by atoms with van der Waals surface area (Å²) in [5.74, 6) is -0.0733. The maximum absolute atomic E-state index is 11.5. The Bertz CT molecular complexity index is 443. The number of methoxy groups -OCH3 is 1. The molecule has 0 amide bonds. The number of likely N-dealkylation sites (tertiary alicyclic amines) is 1. The van der Waals surface area contributed by atoms with Crippen LogP contribution in [-0.4, -0.2) is 47.2 Å². The van der Waals surface area contributed by atoms with Crippen molar-refractivity contribution < 1.29 is 9.53 Å². The molecular weight excluding hydrogens is 232 g/mol. The summed E-state index contributed by atoms with van der Waals surface area (Å²) in [6, 6.07) is 0.814. The SMILES string of the molecule is COC(=O)c1ncn(C2CCN(C)C(C)C2)c1N. The number of imidazole rings is 1. The predicted molar refractivity (Wildman–Crippen MR) is 68.3 cm³/mol. The Morgan fingerprint density at radius 2 is 2.33 bits per heavy atom. The molecule has 2 N–H and O–H groups in total. The molecule has 0 aromatic carbocycles. The molecule has 1 aliphatic heterocycles. The average molecular weight is 252 g/mol. The molecule has 2 unspecified atom stereocenters. The third-order valence-corrected chi connectivity index (χ3v) is 3.78. The summed E-state index contributed by atoms with van der Waals surface area (Å²) in [5, 5.41) is 0. The van der Waals surface area contributed by atoms with Gasteiger partial charge in [-0.15, -0.1) is 0 Å².